The predicted molar refractivity (Wildman–Crippen MR) is 111 cm³/mol. The Morgan fingerprint density at radius 2 is 1.92 bits per heavy atom. The van der Waals surface area contributed by atoms with Crippen molar-refractivity contribution in [3.63, 3.8) is 0 Å². The van der Waals surface area contributed by atoms with E-state index in [-0.39, 0.29) is 0 Å². The van der Waals surface area contributed by atoms with Crippen molar-refractivity contribution in [3.8, 4) is 0 Å². The highest BCUT2D eigenvalue weighted by molar-refractivity contribution is 7.16. The highest BCUT2D eigenvalue weighted by Crippen LogP contribution is 2.26. The molecule has 1 aromatic heterocycles. The summed E-state index contributed by atoms with van der Waals surface area (Å²) < 4.78 is 0.678. The van der Waals surface area contributed by atoms with Crippen LogP contribution in [0.4, 0.5) is 0 Å². The van der Waals surface area contributed by atoms with E-state index in [9.17, 15) is 5.11 Å². The molecule has 0 aliphatic heterocycles. The summed E-state index contributed by atoms with van der Waals surface area (Å²) >= 11 is 7.32. The molecule has 0 bridgehead atoms. The molecule has 0 radical (unpaired) electrons. The van der Waals surface area contributed by atoms with E-state index in [1.807, 2.05) is 19.1 Å². The van der Waals surface area contributed by atoms with Crippen molar-refractivity contribution in [2.24, 2.45) is 4.99 Å². The van der Waals surface area contributed by atoms with Gasteiger partial charge in [0.15, 0.2) is 5.96 Å². The van der Waals surface area contributed by atoms with E-state index in [1.165, 1.54) is 22.5 Å². The number of thiophene rings is 1. The third-order valence-electron chi connectivity index (χ3n) is 3.74. The van der Waals surface area contributed by atoms with Crippen LogP contribution in [-0.4, -0.2) is 43.2 Å². The second kappa shape index (κ2) is 10.5. The minimum Gasteiger partial charge on any atom is -0.386 e. The van der Waals surface area contributed by atoms with Gasteiger partial charge in [0, 0.05) is 24.5 Å². The van der Waals surface area contributed by atoms with Crippen LogP contribution in [0.2, 0.25) is 4.34 Å². The van der Waals surface area contributed by atoms with Crippen molar-refractivity contribution < 1.29 is 5.11 Å². The van der Waals surface area contributed by atoms with Crippen LogP contribution in [0.15, 0.2) is 41.4 Å². The number of nitrogens with one attached hydrogen (secondary N) is 2. The number of halogens is 1. The fourth-order valence-electron chi connectivity index (χ4n) is 2.51. The molecule has 0 spiro atoms. The van der Waals surface area contributed by atoms with Crippen molar-refractivity contribution in [2.75, 3.05) is 27.2 Å². The number of rotatable bonds is 8. The maximum absolute atomic E-state index is 10.3. The first-order valence-electron chi connectivity index (χ1n) is 8.66. The van der Waals surface area contributed by atoms with E-state index < -0.39 is 6.10 Å². The van der Waals surface area contributed by atoms with E-state index in [0.29, 0.717) is 23.4 Å². The van der Waals surface area contributed by atoms with Crippen molar-refractivity contribution in [2.45, 2.75) is 26.1 Å². The molecule has 1 aromatic carbocycles. The number of benzene rings is 1. The number of aliphatic hydroxyl groups is 1. The molecule has 2 rings (SSSR count). The highest BCUT2D eigenvalue weighted by atomic mass is 35.5. The molecule has 0 fully saturated rings. The molecule has 0 amide bonds. The number of hydrogen-bond donors (Lipinski definition) is 3. The van der Waals surface area contributed by atoms with Crippen LogP contribution in [0.5, 0.6) is 0 Å². The topological polar surface area (TPSA) is 59.9 Å². The van der Waals surface area contributed by atoms with E-state index in [2.05, 4.69) is 52.8 Å². The molecule has 0 saturated heterocycles. The molecule has 5 nitrogen and oxygen atoms in total. The smallest absolute Gasteiger partial charge is 0.191 e. The second-order valence-electron chi connectivity index (χ2n) is 6.24. The van der Waals surface area contributed by atoms with Gasteiger partial charge in [0.05, 0.1) is 10.9 Å². The standard InChI is InChI=1S/C19H27ClN4OS/c1-4-21-19(23-12-16(25)17-9-10-18(20)26-17)22-11-14-7-5-6-8-15(14)13-24(2)3/h5-10,16,25H,4,11-13H2,1-3H3,(H2,21,22,23). The van der Waals surface area contributed by atoms with Gasteiger partial charge in [-0.05, 0) is 44.3 Å². The minimum absolute atomic E-state index is 0.377. The van der Waals surface area contributed by atoms with Crippen LogP contribution in [0.25, 0.3) is 0 Å². The van der Waals surface area contributed by atoms with Gasteiger partial charge < -0.3 is 20.6 Å². The number of nitrogens with zero attached hydrogens (tertiary/aromatic N) is 2. The fraction of sp³-hybridized carbons (Fsp3) is 0.421. The van der Waals surface area contributed by atoms with Gasteiger partial charge >= 0.3 is 0 Å². The fourth-order valence-corrected chi connectivity index (χ4v) is 3.56. The lowest BCUT2D eigenvalue weighted by Crippen LogP contribution is -2.39. The van der Waals surface area contributed by atoms with Crippen LogP contribution in [0, 0.1) is 0 Å². The Morgan fingerprint density at radius 3 is 2.54 bits per heavy atom. The van der Waals surface area contributed by atoms with Crippen LogP contribution >= 0.6 is 22.9 Å². The molecule has 2 aromatic rings. The van der Waals surface area contributed by atoms with Gasteiger partial charge in [0.1, 0.15) is 6.10 Å². The van der Waals surface area contributed by atoms with E-state index in [0.717, 1.165) is 18.0 Å². The van der Waals surface area contributed by atoms with Crippen LogP contribution < -0.4 is 10.6 Å². The maximum atomic E-state index is 10.3. The molecule has 142 valence electrons. The summed E-state index contributed by atoms with van der Waals surface area (Å²) in [4.78, 5) is 7.65. The minimum atomic E-state index is -0.614. The summed E-state index contributed by atoms with van der Waals surface area (Å²) in [5.41, 5.74) is 2.47. The predicted octanol–water partition coefficient (Wildman–Crippen LogP) is 3.25. The first-order valence-corrected chi connectivity index (χ1v) is 9.86. The molecule has 0 aliphatic rings. The van der Waals surface area contributed by atoms with Crippen LogP contribution in [0.3, 0.4) is 0 Å². The first kappa shape index (κ1) is 20.7. The lowest BCUT2D eigenvalue weighted by Gasteiger charge is -2.16. The molecule has 7 heteroatoms. The molecule has 3 N–H and O–H groups in total. The molecule has 1 atom stereocenters. The Morgan fingerprint density at radius 1 is 1.19 bits per heavy atom. The Balaban J connectivity index is 2.00. The molecule has 0 saturated carbocycles. The van der Waals surface area contributed by atoms with Crippen LogP contribution in [-0.2, 0) is 13.1 Å². The Labute approximate surface area is 164 Å². The second-order valence-corrected chi connectivity index (χ2v) is 7.99. The molecule has 1 heterocycles. The third kappa shape index (κ3) is 6.61. The average Bonchev–Trinajstić information content (AvgIpc) is 3.04. The molecule has 0 aliphatic carbocycles. The highest BCUT2D eigenvalue weighted by Gasteiger charge is 2.11. The summed E-state index contributed by atoms with van der Waals surface area (Å²) in [6.45, 7) is 4.62. The van der Waals surface area contributed by atoms with E-state index >= 15 is 0 Å². The Hall–Kier alpha value is -1.60. The SMILES string of the molecule is CCNC(=NCc1ccccc1CN(C)C)NCC(O)c1ccc(Cl)s1. The van der Waals surface area contributed by atoms with Crippen molar-refractivity contribution in [1.82, 2.24) is 15.5 Å². The van der Waals surface area contributed by atoms with Crippen molar-refractivity contribution >= 4 is 28.9 Å². The number of hydrogen-bond acceptors (Lipinski definition) is 4. The van der Waals surface area contributed by atoms with Gasteiger partial charge in [-0.1, -0.05) is 35.9 Å². The normalized spacial score (nSPS) is 13.1. The number of aliphatic hydroxyl groups excluding tert-OH is 1. The zero-order chi connectivity index (χ0) is 18.9. The summed E-state index contributed by atoms with van der Waals surface area (Å²) in [5, 5.41) is 16.7. The largest absolute Gasteiger partial charge is 0.386 e. The van der Waals surface area contributed by atoms with Crippen molar-refractivity contribution in [3.05, 3.63) is 56.7 Å². The van der Waals surface area contributed by atoms with Gasteiger partial charge in [0.2, 0.25) is 0 Å². The first-order chi connectivity index (χ1) is 12.5. The quantitative estimate of drug-likeness (QED) is 0.475. The number of aliphatic imine (C=N–C) groups is 1. The zero-order valence-corrected chi connectivity index (χ0v) is 17.1. The van der Waals surface area contributed by atoms with Gasteiger partial charge in [-0.25, -0.2) is 4.99 Å². The summed E-state index contributed by atoms with van der Waals surface area (Å²) in [7, 11) is 4.12. The lowest BCUT2D eigenvalue weighted by atomic mass is 10.1. The van der Waals surface area contributed by atoms with Gasteiger partial charge in [-0.2, -0.15) is 0 Å². The van der Waals surface area contributed by atoms with Gasteiger partial charge in [-0.15, -0.1) is 11.3 Å². The summed E-state index contributed by atoms with van der Waals surface area (Å²) in [6.07, 6.45) is -0.614. The monoisotopic (exact) mass is 394 g/mol. The third-order valence-corrected chi connectivity index (χ3v) is 5.07. The van der Waals surface area contributed by atoms with E-state index in [4.69, 9.17) is 11.6 Å². The maximum Gasteiger partial charge on any atom is 0.191 e. The van der Waals surface area contributed by atoms with Gasteiger partial charge in [0.25, 0.3) is 0 Å². The lowest BCUT2D eigenvalue weighted by molar-refractivity contribution is 0.184. The molecular formula is C19H27ClN4OS. The summed E-state index contributed by atoms with van der Waals surface area (Å²) in [5.74, 6) is 0.689. The Bertz CT molecular complexity index is 717. The summed E-state index contributed by atoms with van der Waals surface area (Å²) in [6, 6.07) is 12.0. The van der Waals surface area contributed by atoms with E-state index in [1.54, 1.807) is 6.07 Å². The zero-order valence-electron chi connectivity index (χ0n) is 15.5. The van der Waals surface area contributed by atoms with Crippen molar-refractivity contribution in [1.29, 1.82) is 0 Å². The molecule has 1 unspecified atom stereocenters. The molecule has 26 heavy (non-hydrogen) atoms. The van der Waals surface area contributed by atoms with Gasteiger partial charge in [-0.3, -0.25) is 0 Å². The van der Waals surface area contributed by atoms with Crippen LogP contribution in [0.1, 0.15) is 29.0 Å². The Kier molecular flexibility index (Phi) is 8.38. The number of guanidine groups is 1. The average molecular weight is 395 g/mol. The molecular weight excluding hydrogens is 368 g/mol.